The Bertz CT molecular complexity index is 459. The van der Waals surface area contributed by atoms with Gasteiger partial charge >= 0.3 is 0 Å². The van der Waals surface area contributed by atoms with Crippen molar-refractivity contribution in [2.75, 3.05) is 0 Å². The molecule has 0 saturated carbocycles. The zero-order valence-electron chi connectivity index (χ0n) is 6.88. The number of sulfonamides is 1. The molecule has 1 aromatic rings. The van der Waals surface area contributed by atoms with E-state index in [2.05, 4.69) is 0 Å². The monoisotopic (exact) mass is 228 g/mol. The summed E-state index contributed by atoms with van der Waals surface area (Å²) >= 11 is 1.79. The van der Waals surface area contributed by atoms with E-state index in [0.29, 0.717) is 0 Å². The zero-order chi connectivity index (χ0) is 10.8. The summed E-state index contributed by atoms with van der Waals surface area (Å²) in [5.41, 5.74) is -0.442. The summed E-state index contributed by atoms with van der Waals surface area (Å²) in [6, 6.07) is 5.13. The van der Waals surface area contributed by atoms with Gasteiger partial charge in [-0.15, -0.1) is 0 Å². The van der Waals surface area contributed by atoms with Gasteiger partial charge in [0.15, 0.2) is 4.90 Å². The number of nitrogens with one attached hydrogen (secondary N) is 1. The van der Waals surface area contributed by atoms with Crippen LogP contribution in [0.15, 0.2) is 29.2 Å². The predicted octanol–water partition coefficient (Wildman–Crippen LogP) is -0.0434. The lowest BCUT2D eigenvalue weighted by Crippen LogP contribution is -2.21. The van der Waals surface area contributed by atoms with Gasteiger partial charge in [0.1, 0.15) is 0 Å². The third-order valence-corrected chi connectivity index (χ3v) is 3.67. The van der Waals surface area contributed by atoms with Gasteiger partial charge in [-0.2, -0.15) is 0 Å². The highest BCUT2D eigenvalue weighted by Crippen LogP contribution is 2.21. The molecule has 0 fully saturated rings. The standard InChI is InChI=1S/C6H5N2O4S.Al/c7-13(11,12)6-4-2-1-3-5(6)8(9)10;/h1-4H,(H-,7,11,12);/q-1;+1. The van der Waals surface area contributed by atoms with Crippen LogP contribution in [0.1, 0.15) is 0 Å². The molecule has 0 saturated heterocycles. The summed E-state index contributed by atoms with van der Waals surface area (Å²) < 4.78 is 24.5. The fourth-order valence-corrected chi connectivity index (χ4v) is 2.08. The van der Waals surface area contributed by atoms with Crippen molar-refractivity contribution in [3.63, 3.8) is 0 Å². The second-order valence-electron chi connectivity index (χ2n) is 2.35. The molecule has 1 N–H and O–H groups in total. The molecule has 0 heterocycles. The first-order valence-electron chi connectivity index (χ1n) is 3.45. The molecule has 1 rings (SSSR count). The van der Waals surface area contributed by atoms with Crippen LogP contribution in [0.4, 0.5) is 5.69 Å². The SMILES string of the molecule is O=[N+]([O-])c1ccccc1S(=O)(=O)[NH][Al]. The fraction of sp³-hybridized carbons (Fsp3) is 0. The molecule has 2 radical (unpaired) electrons. The Morgan fingerprint density at radius 1 is 1.36 bits per heavy atom. The molecular formula is C6H5AlN2O4S. The molecule has 14 heavy (non-hydrogen) atoms. The molecule has 0 aliphatic rings. The summed E-state index contributed by atoms with van der Waals surface area (Å²) in [6.45, 7) is 0. The normalized spacial score (nSPS) is 11.1. The Morgan fingerprint density at radius 3 is 2.43 bits per heavy atom. The van der Waals surface area contributed by atoms with Crippen molar-refractivity contribution in [2.45, 2.75) is 4.90 Å². The van der Waals surface area contributed by atoms with Gasteiger partial charge in [0.2, 0.25) is 10.0 Å². The first-order chi connectivity index (χ1) is 6.49. The molecule has 1 aromatic carbocycles. The topological polar surface area (TPSA) is 89.3 Å². The largest absolute Gasteiger partial charge is 0.315 e. The Hall–Kier alpha value is -0.938. The van der Waals surface area contributed by atoms with Gasteiger partial charge < -0.3 is 3.71 Å². The van der Waals surface area contributed by atoms with Crippen LogP contribution in [0.3, 0.4) is 0 Å². The molecule has 0 unspecified atom stereocenters. The van der Waals surface area contributed by atoms with E-state index in [9.17, 15) is 18.5 Å². The van der Waals surface area contributed by atoms with Gasteiger partial charge in [0, 0.05) is 6.07 Å². The number of hydrogen-bond donors (Lipinski definition) is 1. The zero-order valence-corrected chi connectivity index (χ0v) is 8.85. The molecule has 0 aromatic heterocycles. The van der Waals surface area contributed by atoms with Crippen molar-refractivity contribution in [2.24, 2.45) is 0 Å². The summed E-state index contributed by atoms with van der Waals surface area (Å²) in [5.74, 6) is 0. The lowest BCUT2D eigenvalue weighted by molar-refractivity contribution is -0.387. The molecule has 0 spiro atoms. The number of benzene rings is 1. The van der Waals surface area contributed by atoms with Gasteiger partial charge in [0.25, 0.3) is 22.2 Å². The lowest BCUT2D eigenvalue weighted by atomic mass is 10.3. The van der Waals surface area contributed by atoms with Crippen LogP contribution in [-0.4, -0.2) is 29.9 Å². The number of rotatable bonds is 3. The molecule has 0 bridgehead atoms. The Labute approximate surface area is 88.8 Å². The van der Waals surface area contributed by atoms with Crippen molar-refractivity contribution in [1.29, 1.82) is 0 Å². The molecular weight excluding hydrogens is 223 g/mol. The van der Waals surface area contributed by atoms with Crippen LogP contribution in [0, 0.1) is 10.1 Å². The van der Waals surface area contributed by atoms with Gasteiger partial charge in [0.05, 0.1) is 4.92 Å². The van der Waals surface area contributed by atoms with E-state index in [4.69, 9.17) is 0 Å². The summed E-state index contributed by atoms with van der Waals surface area (Å²) in [7, 11) is -3.80. The Balaban J connectivity index is 3.42. The minimum atomic E-state index is -3.80. The van der Waals surface area contributed by atoms with Crippen LogP contribution in [0.25, 0.3) is 0 Å². The molecule has 0 amide bonds. The fourth-order valence-electron chi connectivity index (χ4n) is 0.899. The van der Waals surface area contributed by atoms with Crippen LogP contribution < -0.4 is 3.71 Å². The minimum absolute atomic E-state index is 0.347. The Morgan fingerprint density at radius 2 is 1.93 bits per heavy atom. The van der Waals surface area contributed by atoms with E-state index in [1.54, 1.807) is 16.5 Å². The maximum absolute atomic E-state index is 11.3. The Kier molecular flexibility index (Phi) is 3.23. The first kappa shape index (κ1) is 11.1. The lowest BCUT2D eigenvalue weighted by Gasteiger charge is -2.03. The molecule has 0 atom stereocenters. The van der Waals surface area contributed by atoms with Crippen molar-refractivity contribution < 1.29 is 13.3 Å². The third kappa shape index (κ3) is 2.11. The second-order valence-corrected chi connectivity index (χ2v) is 4.74. The van der Waals surface area contributed by atoms with Gasteiger partial charge in [-0.3, -0.25) is 10.1 Å². The number of nitro benzene ring substituents is 1. The van der Waals surface area contributed by atoms with Crippen molar-refractivity contribution >= 4 is 32.2 Å². The van der Waals surface area contributed by atoms with E-state index < -0.39 is 20.6 Å². The smallest absolute Gasteiger partial charge is 0.289 e. The van der Waals surface area contributed by atoms with E-state index in [1.807, 2.05) is 3.71 Å². The summed E-state index contributed by atoms with van der Waals surface area (Å²) in [4.78, 5) is 9.40. The maximum Gasteiger partial charge on any atom is 0.289 e. The van der Waals surface area contributed by atoms with Gasteiger partial charge in [-0.25, -0.2) is 8.42 Å². The molecule has 6 nitrogen and oxygen atoms in total. The molecule has 8 heteroatoms. The van der Waals surface area contributed by atoms with Gasteiger partial charge in [-0.1, -0.05) is 12.1 Å². The minimum Gasteiger partial charge on any atom is -0.315 e. The predicted molar refractivity (Wildman–Crippen MR) is 49.2 cm³/mol. The quantitative estimate of drug-likeness (QED) is 0.446. The van der Waals surface area contributed by atoms with E-state index >= 15 is 0 Å². The highest BCUT2D eigenvalue weighted by Gasteiger charge is 2.22. The van der Waals surface area contributed by atoms with Crippen LogP contribution in [0.2, 0.25) is 0 Å². The second kappa shape index (κ2) is 4.06. The van der Waals surface area contributed by atoms with Crippen LogP contribution in [-0.2, 0) is 10.0 Å². The number of nitrogens with zero attached hydrogens (tertiary/aromatic N) is 1. The van der Waals surface area contributed by atoms with Crippen molar-refractivity contribution in [3.8, 4) is 0 Å². The van der Waals surface area contributed by atoms with Crippen LogP contribution in [0.5, 0.6) is 0 Å². The number of para-hydroxylation sites is 1. The molecule has 72 valence electrons. The molecule has 0 aliphatic carbocycles. The van der Waals surface area contributed by atoms with Crippen molar-refractivity contribution in [3.05, 3.63) is 34.4 Å². The highest BCUT2D eigenvalue weighted by molar-refractivity contribution is 7.90. The molecule has 0 aliphatic heterocycles. The van der Waals surface area contributed by atoms with E-state index in [-0.39, 0.29) is 4.90 Å². The number of nitro groups is 1. The van der Waals surface area contributed by atoms with E-state index in [0.717, 1.165) is 6.07 Å². The first-order valence-corrected chi connectivity index (χ1v) is 5.51. The average Bonchev–Trinajstić information content (AvgIpc) is 2.18. The maximum atomic E-state index is 11.3. The van der Waals surface area contributed by atoms with Gasteiger partial charge in [-0.05, 0) is 6.07 Å². The average molecular weight is 228 g/mol. The van der Waals surface area contributed by atoms with E-state index in [1.165, 1.54) is 18.2 Å². The van der Waals surface area contributed by atoms with Crippen LogP contribution >= 0.6 is 0 Å². The third-order valence-electron chi connectivity index (χ3n) is 1.51. The number of hydrogen-bond acceptors (Lipinski definition) is 4. The highest BCUT2D eigenvalue weighted by atomic mass is 32.2. The summed E-state index contributed by atoms with van der Waals surface area (Å²) in [6.07, 6.45) is 0. The van der Waals surface area contributed by atoms with Crippen molar-refractivity contribution in [1.82, 2.24) is 3.71 Å². The summed E-state index contributed by atoms with van der Waals surface area (Å²) in [5, 5.41) is 10.5.